The molecule has 2 aromatic rings. The van der Waals surface area contributed by atoms with E-state index in [2.05, 4.69) is 15.3 Å². The minimum absolute atomic E-state index is 0.169. The average molecular weight is 344 g/mol. The van der Waals surface area contributed by atoms with Crippen molar-refractivity contribution in [1.29, 1.82) is 5.26 Å². The molecular weight excluding hydrogens is 324 g/mol. The number of nitriles is 1. The molecular formula is C17H20N4O2S. The van der Waals surface area contributed by atoms with Crippen LogP contribution < -0.4 is 5.32 Å². The van der Waals surface area contributed by atoms with Crippen LogP contribution in [0.25, 0.3) is 0 Å². The molecule has 0 aliphatic heterocycles. The first kappa shape index (κ1) is 17.8. The molecule has 0 saturated heterocycles. The normalized spacial score (nSPS) is 12.2. The van der Waals surface area contributed by atoms with E-state index in [0.29, 0.717) is 11.4 Å². The van der Waals surface area contributed by atoms with E-state index in [1.807, 2.05) is 20.8 Å². The van der Waals surface area contributed by atoms with Gasteiger partial charge in [0.2, 0.25) is 9.84 Å². The molecule has 6 nitrogen and oxygen atoms in total. The van der Waals surface area contributed by atoms with Crippen molar-refractivity contribution in [1.82, 2.24) is 9.97 Å². The van der Waals surface area contributed by atoms with Gasteiger partial charge in [0, 0.05) is 23.4 Å². The molecule has 7 heteroatoms. The third-order valence-corrected chi connectivity index (χ3v) is 5.19. The summed E-state index contributed by atoms with van der Waals surface area (Å²) >= 11 is 0. The van der Waals surface area contributed by atoms with Crippen LogP contribution in [0.15, 0.2) is 46.8 Å². The van der Waals surface area contributed by atoms with E-state index in [4.69, 9.17) is 5.26 Å². The standard InChI is InChI=1S/C17H20N4O2S/c1-4-19-15-12-20-16(21-15)17(2,3)13-8-5-6-9-14(13)24(22,23)11-7-10-18/h5-9,11-12,19H,4H2,1-3H3,(H,20,21)/b11-7+. The Morgan fingerprint density at radius 3 is 2.75 bits per heavy atom. The summed E-state index contributed by atoms with van der Waals surface area (Å²) in [7, 11) is -3.71. The molecule has 126 valence electrons. The number of aromatic nitrogens is 2. The molecule has 1 aromatic carbocycles. The first-order valence-electron chi connectivity index (χ1n) is 7.53. The van der Waals surface area contributed by atoms with Gasteiger partial charge in [0.05, 0.1) is 17.2 Å². The fraction of sp³-hybridized carbons (Fsp3) is 0.294. The van der Waals surface area contributed by atoms with Crippen molar-refractivity contribution in [2.24, 2.45) is 0 Å². The SMILES string of the molecule is CCNc1cnc(C(C)(C)c2ccccc2S(=O)(=O)/C=C/C#N)[nH]1. The number of hydrogen-bond donors (Lipinski definition) is 2. The molecule has 0 fully saturated rings. The van der Waals surface area contributed by atoms with Crippen LogP contribution in [0, 0.1) is 11.3 Å². The van der Waals surface area contributed by atoms with Crippen molar-refractivity contribution in [3.63, 3.8) is 0 Å². The summed E-state index contributed by atoms with van der Waals surface area (Å²) in [5, 5.41) is 12.7. The maximum atomic E-state index is 12.5. The van der Waals surface area contributed by atoms with Gasteiger partial charge >= 0.3 is 0 Å². The van der Waals surface area contributed by atoms with Crippen molar-refractivity contribution < 1.29 is 8.42 Å². The highest BCUT2D eigenvalue weighted by Crippen LogP contribution is 2.34. The number of anilines is 1. The topological polar surface area (TPSA) is 98.6 Å². The third-order valence-electron chi connectivity index (χ3n) is 3.72. The highest BCUT2D eigenvalue weighted by Gasteiger charge is 2.31. The smallest absolute Gasteiger partial charge is 0.200 e. The van der Waals surface area contributed by atoms with E-state index in [0.717, 1.165) is 23.8 Å². The molecule has 0 atom stereocenters. The number of nitrogens with one attached hydrogen (secondary N) is 2. The van der Waals surface area contributed by atoms with Crippen LogP contribution in [-0.2, 0) is 15.3 Å². The Bertz CT molecular complexity index is 889. The average Bonchev–Trinajstić information content (AvgIpc) is 3.03. The summed E-state index contributed by atoms with van der Waals surface area (Å²) in [6.45, 7) is 6.55. The molecule has 0 aliphatic carbocycles. The molecule has 0 spiro atoms. The Kier molecular flexibility index (Phi) is 5.10. The second-order valence-electron chi connectivity index (χ2n) is 5.77. The molecule has 0 aliphatic rings. The predicted octanol–water partition coefficient (Wildman–Crippen LogP) is 2.98. The summed E-state index contributed by atoms with van der Waals surface area (Å²) in [5.41, 5.74) is -0.0392. The first-order chi connectivity index (χ1) is 11.3. The zero-order valence-corrected chi connectivity index (χ0v) is 14.7. The quantitative estimate of drug-likeness (QED) is 0.785. The van der Waals surface area contributed by atoms with Gasteiger partial charge in [-0.15, -0.1) is 0 Å². The summed E-state index contributed by atoms with van der Waals surface area (Å²) in [5.74, 6) is 1.44. The van der Waals surface area contributed by atoms with E-state index in [-0.39, 0.29) is 4.90 Å². The second kappa shape index (κ2) is 6.89. The number of imidazole rings is 1. The Morgan fingerprint density at radius 2 is 2.08 bits per heavy atom. The number of hydrogen-bond acceptors (Lipinski definition) is 5. The van der Waals surface area contributed by atoms with Crippen LogP contribution in [-0.4, -0.2) is 24.9 Å². The van der Waals surface area contributed by atoms with Crippen LogP contribution in [0.4, 0.5) is 5.82 Å². The van der Waals surface area contributed by atoms with E-state index < -0.39 is 15.3 Å². The van der Waals surface area contributed by atoms with Gasteiger partial charge in [-0.2, -0.15) is 5.26 Å². The summed E-state index contributed by atoms with van der Waals surface area (Å²) in [6.07, 6.45) is 2.66. The zero-order chi connectivity index (χ0) is 17.8. The van der Waals surface area contributed by atoms with Crippen LogP contribution >= 0.6 is 0 Å². The number of allylic oxidation sites excluding steroid dienone is 1. The Morgan fingerprint density at radius 1 is 1.38 bits per heavy atom. The van der Waals surface area contributed by atoms with Crippen molar-refractivity contribution in [2.45, 2.75) is 31.1 Å². The van der Waals surface area contributed by atoms with E-state index in [1.165, 1.54) is 0 Å². The lowest BCUT2D eigenvalue weighted by Gasteiger charge is -2.25. The highest BCUT2D eigenvalue weighted by molar-refractivity contribution is 7.94. The number of benzene rings is 1. The molecule has 24 heavy (non-hydrogen) atoms. The predicted molar refractivity (Wildman–Crippen MR) is 93.3 cm³/mol. The lowest BCUT2D eigenvalue weighted by molar-refractivity contribution is 0.572. The van der Waals surface area contributed by atoms with E-state index >= 15 is 0 Å². The first-order valence-corrected chi connectivity index (χ1v) is 9.07. The monoisotopic (exact) mass is 344 g/mol. The molecule has 0 unspecified atom stereocenters. The number of rotatable bonds is 6. The Labute approximate surface area is 142 Å². The summed E-state index contributed by atoms with van der Waals surface area (Å²) in [6, 6.07) is 8.48. The fourth-order valence-corrected chi connectivity index (χ4v) is 3.76. The van der Waals surface area contributed by atoms with Gasteiger partial charge in [-0.3, -0.25) is 0 Å². The van der Waals surface area contributed by atoms with E-state index in [9.17, 15) is 8.42 Å². The van der Waals surface area contributed by atoms with Crippen LogP contribution in [0.2, 0.25) is 0 Å². The molecule has 2 N–H and O–H groups in total. The molecule has 1 aromatic heterocycles. The Hall–Kier alpha value is -2.59. The van der Waals surface area contributed by atoms with Crippen molar-refractivity contribution in [3.05, 3.63) is 53.3 Å². The highest BCUT2D eigenvalue weighted by atomic mass is 32.2. The fourth-order valence-electron chi connectivity index (χ4n) is 2.47. The minimum atomic E-state index is -3.71. The van der Waals surface area contributed by atoms with Gasteiger partial charge in [-0.25, -0.2) is 13.4 Å². The Balaban J connectivity index is 2.55. The molecule has 0 amide bonds. The zero-order valence-electron chi connectivity index (χ0n) is 13.9. The molecule has 0 saturated carbocycles. The summed E-state index contributed by atoms with van der Waals surface area (Å²) < 4.78 is 25.0. The van der Waals surface area contributed by atoms with Crippen molar-refractivity contribution >= 4 is 15.7 Å². The maximum absolute atomic E-state index is 12.5. The molecule has 0 bridgehead atoms. The van der Waals surface area contributed by atoms with Crippen molar-refractivity contribution in [3.8, 4) is 6.07 Å². The maximum Gasteiger partial charge on any atom is 0.200 e. The van der Waals surface area contributed by atoms with Crippen molar-refractivity contribution in [2.75, 3.05) is 11.9 Å². The molecule has 0 radical (unpaired) electrons. The van der Waals surface area contributed by atoms with Crippen LogP contribution in [0.5, 0.6) is 0 Å². The lowest BCUT2D eigenvalue weighted by atomic mass is 9.84. The van der Waals surface area contributed by atoms with Gasteiger partial charge < -0.3 is 10.3 Å². The van der Waals surface area contributed by atoms with Crippen LogP contribution in [0.3, 0.4) is 0 Å². The van der Waals surface area contributed by atoms with Gasteiger partial charge in [0.15, 0.2) is 0 Å². The van der Waals surface area contributed by atoms with Crippen LogP contribution in [0.1, 0.15) is 32.2 Å². The number of H-pyrrole nitrogens is 1. The molecule has 1 heterocycles. The number of nitrogens with zero attached hydrogens (tertiary/aromatic N) is 2. The third kappa shape index (κ3) is 3.49. The van der Waals surface area contributed by atoms with E-state index in [1.54, 1.807) is 36.5 Å². The van der Waals surface area contributed by atoms with Gasteiger partial charge in [-0.1, -0.05) is 18.2 Å². The lowest BCUT2D eigenvalue weighted by Crippen LogP contribution is -2.23. The second-order valence-corrected chi connectivity index (χ2v) is 7.58. The largest absolute Gasteiger partial charge is 0.371 e. The van der Waals surface area contributed by atoms with Gasteiger partial charge in [0.1, 0.15) is 11.6 Å². The minimum Gasteiger partial charge on any atom is -0.371 e. The molecule has 2 rings (SSSR count). The summed E-state index contributed by atoms with van der Waals surface area (Å²) in [4.78, 5) is 7.74. The number of aromatic amines is 1. The number of sulfone groups is 1. The van der Waals surface area contributed by atoms with Gasteiger partial charge in [0.25, 0.3) is 0 Å². The van der Waals surface area contributed by atoms with Gasteiger partial charge in [-0.05, 0) is 32.4 Å².